The smallest absolute Gasteiger partial charge is 0.131 e. The van der Waals surface area contributed by atoms with E-state index in [1.54, 1.807) is 6.20 Å². The molecule has 0 bridgehead atoms. The first-order valence-corrected chi connectivity index (χ1v) is 11.6. The van der Waals surface area contributed by atoms with Crippen LogP contribution in [0.5, 0.6) is 0 Å². The van der Waals surface area contributed by atoms with Crippen molar-refractivity contribution in [2.45, 2.75) is 19.9 Å². The lowest BCUT2D eigenvalue weighted by atomic mass is 9.95. The molecule has 0 fully saturated rings. The summed E-state index contributed by atoms with van der Waals surface area (Å²) in [7, 11) is 3.84. The van der Waals surface area contributed by atoms with Gasteiger partial charge in [0.1, 0.15) is 11.7 Å². The summed E-state index contributed by atoms with van der Waals surface area (Å²) in [5.74, 6) is 1.39. The minimum Gasteiger partial charge on any atom is -0.404 e. The molecule has 3 aliphatic heterocycles. The van der Waals surface area contributed by atoms with Crippen LogP contribution < -0.4 is 27.4 Å². The van der Waals surface area contributed by atoms with Crippen molar-refractivity contribution in [1.82, 2.24) is 20.9 Å². The molecule has 3 aliphatic rings. The van der Waals surface area contributed by atoms with E-state index in [2.05, 4.69) is 40.8 Å². The highest BCUT2D eigenvalue weighted by atomic mass is 15.2. The number of aliphatic imine (C=N–C) groups is 1. The molecule has 35 heavy (non-hydrogen) atoms. The van der Waals surface area contributed by atoms with E-state index in [1.165, 1.54) is 0 Å². The summed E-state index contributed by atoms with van der Waals surface area (Å²) in [5, 5.41) is 18.1. The quantitative estimate of drug-likeness (QED) is 0.238. The Hall–Kier alpha value is -4.20. The highest BCUT2D eigenvalue weighted by Crippen LogP contribution is 2.28. The lowest BCUT2D eigenvalue weighted by Crippen LogP contribution is -2.35. The molecule has 0 saturated heterocycles. The molecule has 8 heteroatoms. The molecule has 0 spiro atoms. The van der Waals surface area contributed by atoms with Crippen molar-refractivity contribution in [2.24, 2.45) is 22.4 Å². The summed E-state index contributed by atoms with van der Waals surface area (Å²) in [6, 6.07) is 0.00971. The molecule has 3 heterocycles. The van der Waals surface area contributed by atoms with Crippen LogP contribution in [0.2, 0.25) is 0 Å². The number of nitrogens with two attached hydrogens (primary N) is 2. The Balaban J connectivity index is 1.83. The second kappa shape index (κ2) is 11.8. The number of rotatable bonds is 8. The average molecular weight is 473 g/mol. The molecule has 8 N–H and O–H groups in total. The van der Waals surface area contributed by atoms with Gasteiger partial charge in [0.05, 0.1) is 17.5 Å². The Labute approximate surface area is 208 Å². The fourth-order valence-corrected chi connectivity index (χ4v) is 3.80. The monoisotopic (exact) mass is 472 g/mol. The summed E-state index contributed by atoms with van der Waals surface area (Å²) >= 11 is 0. The van der Waals surface area contributed by atoms with Crippen molar-refractivity contribution in [3.05, 3.63) is 107 Å². The number of nitrogens with zero attached hydrogens (tertiary/aromatic N) is 2. The van der Waals surface area contributed by atoms with Crippen molar-refractivity contribution in [1.29, 1.82) is 5.41 Å². The van der Waals surface area contributed by atoms with Crippen molar-refractivity contribution in [3.63, 3.8) is 0 Å². The maximum atomic E-state index is 8.70. The first-order valence-electron chi connectivity index (χ1n) is 11.6. The number of likely N-dealkylation sites (N-methyl/N-ethyl adjacent to an activating group) is 1. The van der Waals surface area contributed by atoms with Gasteiger partial charge in [0.2, 0.25) is 0 Å². The molecule has 0 saturated carbocycles. The van der Waals surface area contributed by atoms with Gasteiger partial charge < -0.3 is 37.7 Å². The van der Waals surface area contributed by atoms with Gasteiger partial charge in [0, 0.05) is 44.2 Å². The predicted octanol–water partition coefficient (Wildman–Crippen LogP) is 2.65. The van der Waals surface area contributed by atoms with Gasteiger partial charge in [-0.1, -0.05) is 32.1 Å². The van der Waals surface area contributed by atoms with Gasteiger partial charge in [0.15, 0.2) is 0 Å². The SMILES string of the molecule is CN/C=C(\C(=N)/C=C/C1=CC=CNC1)C1=CN(C)C2C=CC(N/C(N)=C/C(=C\N)C(C)C)=NC2=C1. The Morgan fingerprint density at radius 2 is 2.17 bits per heavy atom. The summed E-state index contributed by atoms with van der Waals surface area (Å²) in [4.78, 5) is 6.90. The summed E-state index contributed by atoms with van der Waals surface area (Å²) in [5.41, 5.74) is 16.9. The fourth-order valence-electron chi connectivity index (χ4n) is 3.80. The van der Waals surface area contributed by atoms with Crippen LogP contribution in [0.25, 0.3) is 0 Å². The number of amidine groups is 1. The standard InChI is InChI=1S/C27H36N8/c1-18(2)20(14-28)13-26(30)34-27-10-9-25-24(33-27)12-21(17-35(25)4)22(16-31-3)23(29)8-7-19-6-5-11-32-15-19/h5-14,16-18,25,29,31-32H,15,28,30H2,1-4H3,(H,33,34)/b8-7+,20-14+,22-16-,26-13+,29-23?. The van der Waals surface area contributed by atoms with E-state index < -0.39 is 0 Å². The molecule has 1 unspecified atom stereocenters. The molecule has 0 radical (unpaired) electrons. The fraction of sp³-hybridized carbons (Fsp3) is 0.259. The Morgan fingerprint density at radius 3 is 2.83 bits per heavy atom. The number of fused-ring (bicyclic) bond motifs is 1. The van der Waals surface area contributed by atoms with Crippen LogP contribution >= 0.6 is 0 Å². The molecule has 0 aliphatic carbocycles. The van der Waals surface area contributed by atoms with Crippen LogP contribution in [0.1, 0.15) is 13.8 Å². The van der Waals surface area contributed by atoms with Crippen molar-refractivity contribution >= 4 is 11.5 Å². The van der Waals surface area contributed by atoms with Crippen LogP contribution in [0.15, 0.2) is 112 Å². The third-order valence-corrected chi connectivity index (χ3v) is 5.71. The first kappa shape index (κ1) is 25.4. The first-order chi connectivity index (χ1) is 16.8. The van der Waals surface area contributed by atoms with Gasteiger partial charge >= 0.3 is 0 Å². The van der Waals surface area contributed by atoms with Gasteiger partial charge in [-0.3, -0.25) is 0 Å². The van der Waals surface area contributed by atoms with E-state index in [4.69, 9.17) is 21.9 Å². The van der Waals surface area contributed by atoms with Gasteiger partial charge in [-0.05, 0) is 59.8 Å². The second-order valence-corrected chi connectivity index (χ2v) is 8.74. The molecule has 1 atom stereocenters. The van der Waals surface area contributed by atoms with E-state index in [0.717, 1.165) is 34.5 Å². The maximum Gasteiger partial charge on any atom is 0.131 e. The molecule has 0 amide bonds. The molecule has 184 valence electrons. The normalized spacial score (nSPS) is 20.7. The molecule has 0 aromatic carbocycles. The zero-order chi connectivity index (χ0) is 25.4. The topological polar surface area (TPSA) is 128 Å². The van der Waals surface area contributed by atoms with Crippen molar-refractivity contribution in [2.75, 3.05) is 20.6 Å². The molecular weight excluding hydrogens is 436 g/mol. The number of dihydropyridines is 2. The van der Waals surface area contributed by atoms with Gasteiger partial charge in [-0.2, -0.15) is 0 Å². The summed E-state index contributed by atoms with van der Waals surface area (Å²) in [6.45, 7) is 4.87. The van der Waals surface area contributed by atoms with E-state index in [9.17, 15) is 0 Å². The number of hydrogen-bond acceptors (Lipinski definition) is 8. The third-order valence-electron chi connectivity index (χ3n) is 5.71. The number of hydrogen-bond donors (Lipinski definition) is 6. The molecule has 0 aromatic heterocycles. The Kier molecular flexibility index (Phi) is 8.56. The Bertz CT molecular complexity index is 1140. The van der Waals surface area contributed by atoms with Crippen LogP contribution in [0.3, 0.4) is 0 Å². The highest BCUT2D eigenvalue weighted by Gasteiger charge is 2.25. The lowest BCUT2D eigenvalue weighted by Gasteiger charge is -2.32. The van der Waals surface area contributed by atoms with Crippen LogP contribution in [-0.2, 0) is 0 Å². The maximum absolute atomic E-state index is 8.70. The summed E-state index contributed by atoms with van der Waals surface area (Å²) < 4.78 is 0. The van der Waals surface area contributed by atoms with Crippen molar-refractivity contribution in [3.8, 4) is 0 Å². The van der Waals surface area contributed by atoms with E-state index in [-0.39, 0.29) is 12.0 Å². The largest absolute Gasteiger partial charge is 0.404 e. The Morgan fingerprint density at radius 1 is 1.37 bits per heavy atom. The molecule has 0 aromatic rings. The van der Waals surface area contributed by atoms with E-state index in [1.807, 2.05) is 75.2 Å². The summed E-state index contributed by atoms with van der Waals surface area (Å²) in [6.07, 6.45) is 23.0. The van der Waals surface area contributed by atoms with E-state index in [0.29, 0.717) is 17.4 Å². The van der Waals surface area contributed by atoms with Gasteiger partial charge in [-0.25, -0.2) is 4.99 Å². The van der Waals surface area contributed by atoms with Gasteiger partial charge in [-0.15, -0.1) is 0 Å². The minimum atomic E-state index is 0.00971. The molecular formula is C27H36N8. The van der Waals surface area contributed by atoms with Crippen LogP contribution in [-0.4, -0.2) is 43.1 Å². The van der Waals surface area contributed by atoms with Crippen molar-refractivity contribution < 1.29 is 0 Å². The number of allylic oxidation sites excluding steroid dienone is 8. The molecule has 3 rings (SSSR count). The minimum absolute atomic E-state index is 0.00971. The zero-order valence-electron chi connectivity index (χ0n) is 20.8. The predicted molar refractivity (Wildman–Crippen MR) is 146 cm³/mol. The second-order valence-electron chi connectivity index (χ2n) is 8.74. The highest BCUT2D eigenvalue weighted by molar-refractivity contribution is 6.10. The van der Waals surface area contributed by atoms with Crippen LogP contribution in [0, 0.1) is 11.3 Å². The molecule has 8 nitrogen and oxygen atoms in total. The zero-order valence-corrected chi connectivity index (χ0v) is 20.8. The van der Waals surface area contributed by atoms with Crippen LogP contribution in [0.4, 0.5) is 0 Å². The number of nitrogens with one attached hydrogen (secondary N) is 4. The average Bonchev–Trinajstić information content (AvgIpc) is 2.84. The van der Waals surface area contributed by atoms with E-state index >= 15 is 0 Å². The lowest BCUT2D eigenvalue weighted by molar-refractivity contribution is 0.411. The third kappa shape index (κ3) is 6.66. The van der Waals surface area contributed by atoms with Gasteiger partial charge in [0.25, 0.3) is 0 Å².